The second kappa shape index (κ2) is 7.74. The van der Waals surface area contributed by atoms with Gasteiger partial charge in [0.25, 0.3) is 5.91 Å². The molecule has 2 aliphatic rings. The first-order chi connectivity index (χ1) is 12.0. The van der Waals surface area contributed by atoms with E-state index in [9.17, 15) is 13.2 Å². The minimum Gasteiger partial charge on any atom is -0.484 e. The summed E-state index contributed by atoms with van der Waals surface area (Å²) in [7, 11) is -2.84. The molecule has 0 aliphatic carbocycles. The van der Waals surface area contributed by atoms with E-state index < -0.39 is 9.84 Å². The molecule has 0 spiro atoms. The van der Waals surface area contributed by atoms with E-state index in [4.69, 9.17) is 4.74 Å². The van der Waals surface area contributed by atoms with Crippen LogP contribution < -0.4 is 9.64 Å². The summed E-state index contributed by atoms with van der Waals surface area (Å²) < 4.78 is 28.8. The van der Waals surface area contributed by atoms with Gasteiger partial charge >= 0.3 is 0 Å². The van der Waals surface area contributed by atoms with Gasteiger partial charge in [0, 0.05) is 6.42 Å². The zero-order valence-corrected chi connectivity index (χ0v) is 15.6. The predicted molar refractivity (Wildman–Crippen MR) is 95.7 cm³/mol. The van der Waals surface area contributed by atoms with E-state index in [0.29, 0.717) is 30.3 Å². The summed E-state index contributed by atoms with van der Waals surface area (Å²) >= 11 is 0. The molecular formula is C18H27N2O4S+. The summed E-state index contributed by atoms with van der Waals surface area (Å²) in [6, 6.07) is 8.02. The number of amides is 1. The maximum Gasteiger partial charge on any atom is 0.260 e. The van der Waals surface area contributed by atoms with Gasteiger partial charge in [-0.3, -0.25) is 4.79 Å². The van der Waals surface area contributed by atoms with E-state index >= 15 is 0 Å². The number of benzene rings is 1. The molecule has 1 amide bonds. The van der Waals surface area contributed by atoms with Gasteiger partial charge < -0.3 is 14.5 Å². The highest BCUT2D eigenvalue weighted by atomic mass is 32.2. The van der Waals surface area contributed by atoms with Crippen molar-refractivity contribution in [3.05, 3.63) is 29.8 Å². The monoisotopic (exact) mass is 367 g/mol. The highest BCUT2D eigenvalue weighted by molar-refractivity contribution is 7.91. The van der Waals surface area contributed by atoms with E-state index in [1.807, 2.05) is 29.2 Å². The van der Waals surface area contributed by atoms with Gasteiger partial charge in [-0.15, -0.1) is 0 Å². The SMILES string of the molecule is CCc1ccc(OCC(=O)N2CC[NH+]([C@H]3CCS(=O)(=O)C3)CC2)cc1. The molecule has 2 aliphatic heterocycles. The number of quaternary nitrogens is 1. The summed E-state index contributed by atoms with van der Waals surface area (Å²) in [6.45, 7) is 5.13. The normalized spacial score (nSPS) is 23.6. The van der Waals surface area contributed by atoms with Crippen LogP contribution in [0.3, 0.4) is 0 Å². The van der Waals surface area contributed by atoms with Crippen molar-refractivity contribution >= 4 is 15.7 Å². The summed E-state index contributed by atoms with van der Waals surface area (Å²) in [5.74, 6) is 1.32. The van der Waals surface area contributed by atoms with E-state index in [0.717, 1.165) is 25.9 Å². The first-order valence-corrected chi connectivity index (χ1v) is 10.8. The lowest BCUT2D eigenvalue weighted by Crippen LogP contribution is -3.18. The Kier molecular flexibility index (Phi) is 5.64. The number of nitrogens with one attached hydrogen (secondary N) is 1. The van der Waals surface area contributed by atoms with Crippen molar-refractivity contribution < 1.29 is 22.8 Å². The maximum absolute atomic E-state index is 12.3. The van der Waals surface area contributed by atoms with Gasteiger partial charge in [0.2, 0.25) is 0 Å². The molecule has 6 nitrogen and oxygen atoms in total. The summed E-state index contributed by atoms with van der Waals surface area (Å²) in [5.41, 5.74) is 1.24. The smallest absolute Gasteiger partial charge is 0.260 e. The third-order valence-corrected chi connectivity index (χ3v) is 7.03. The van der Waals surface area contributed by atoms with Crippen molar-refractivity contribution in [2.24, 2.45) is 0 Å². The molecule has 0 bridgehead atoms. The van der Waals surface area contributed by atoms with E-state index in [2.05, 4.69) is 6.92 Å². The molecule has 138 valence electrons. The van der Waals surface area contributed by atoms with E-state index in [1.165, 1.54) is 10.5 Å². The van der Waals surface area contributed by atoms with Crippen molar-refractivity contribution in [2.75, 3.05) is 44.3 Å². The van der Waals surface area contributed by atoms with E-state index in [-0.39, 0.29) is 18.6 Å². The fourth-order valence-electron chi connectivity index (χ4n) is 3.63. The number of aryl methyl sites for hydroxylation is 1. The molecule has 0 radical (unpaired) electrons. The number of nitrogens with zero attached hydrogens (tertiary/aromatic N) is 1. The summed E-state index contributed by atoms with van der Waals surface area (Å²) in [4.78, 5) is 15.5. The number of carbonyl (C=O) groups is 1. The van der Waals surface area contributed by atoms with Crippen LogP contribution in [-0.4, -0.2) is 69.6 Å². The third kappa shape index (κ3) is 4.73. The van der Waals surface area contributed by atoms with Crippen LogP contribution in [0.5, 0.6) is 5.75 Å². The molecule has 0 saturated carbocycles. The van der Waals surface area contributed by atoms with Crippen LogP contribution in [0, 0.1) is 0 Å². The van der Waals surface area contributed by atoms with Gasteiger partial charge in [0.1, 0.15) is 17.5 Å². The Morgan fingerprint density at radius 1 is 1.24 bits per heavy atom. The topological polar surface area (TPSA) is 68.1 Å². The van der Waals surface area contributed by atoms with Gasteiger partial charge in [-0.2, -0.15) is 0 Å². The molecule has 2 saturated heterocycles. The number of hydrogen-bond donors (Lipinski definition) is 1. The fraction of sp³-hybridized carbons (Fsp3) is 0.611. The maximum atomic E-state index is 12.3. The Bertz CT molecular complexity index is 694. The zero-order chi connectivity index (χ0) is 17.9. The molecule has 7 heteroatoms. The standard InChI is InChI=1S/C18H26N2O4S/c1-2-15-3-5-17(6-4-15)24-13-18(21)20-10-8-19(9-11-20)16-7-12-25(22,23)14-16/h3-6,16H,2,7-14H2,1H3/p+1/t16-/m0/s1. The lowest BCUT2D eigenvalue weighted by atomic mass is 10.2. The largest absolute Gasteiger partial charge is 0.484 e. The van der Waals surface area contributed by atoms with Crippen LogP contribution in [0.1, 0.15) is 18.9 Å². The van der Waals surface area contributed by atoms with Gasteiger partial charge in [0.05, 0.1) is 31.9 Å². The summed E-state index contributed by atoms with van der Waals surface area (Å²) in [6.07, 6.45) is 1.73. The minimum absolute atomic E-state index is 0.00217. The van der Waals surface area contributed by atoms with Crippen molar-refractivity contribution in [3.8, 4) is 5.75 Å². The van der Waals surface area contributed by atoms with Crippen LogP contribution in [0.25, 0.3) is 0 Å². The molecule has 1 aromatic carbocycles. The highest BCUT2D eigenvalue weighted by Gasteiger charge is 2.37. The average molecular weight is 367 g/mol. The van der Waals surface area contributed by atoms with E-state index in [1.54, 1.807) is 0 Å². The lowest BCUT2D eigenvalue weighted by molar-refractivity contribution is -0.925. The molecule has 2 fully saturated rings. The number of rotatable bonds is 5. The molecule has 0 unspecified atom stereocenters. The molecule has 1 N–H and O–H groups in total. The zero-order valence-electron chi connectivity index (χ0n) is 14.7. The molecule has 1 aromatic rings. The Labute approximate surface area is 149 Å². The molecule has 3 rings (SSSR count). The summed E-state index contributed by atoms with van der Waals surface area (Å²) in [5, 5.41) is 0. The number of sulfone groups is 1. The van der Waals surface area contributed by atoms with Crippen LogP contribution in [0.15, 0.2) is 24.3 Å². The second-order valence-electron chi connectivity index (χ2n) is 6.93. The van der Waals surface area contributed by atoms with Crippen LogP contribution in [0.4, 0.5) is 0 Å². The first-order valence-electron chi connectivity index (χ1n) is 9.01. The Hall–Kier alpha value is -1.60. The van der Waals surface area contributed by atoms with Gasteiger partial charge in [-0.25, -0.2) is 8.42 Å². The van der Waals surface area contributed by atoms with Crippen molar-refractivity contribution in [3.63, 3.8) is 0 Å². The van der Waals surface area contributed by atoms with Crippen molar-refractivity contribution in [1.82, 2.24) is 4.90 Å². The molecule has 0 aromatic heterocycles. The lowest BCUT2D eigenvalue weighted by Gasteiger charge is -2.34. The average Bonchev–Trinajstić information content (AvgIpc) is 3.00. The first kappa shape index (κ1) is 18.2. The van der Waals surface area contributed by atoms with Gasteiger partial charge in [0.15, 0.2) is 16.4 Å². The second-order valence-corrected chi connectivity index (χ2v) is 9.15. The Morgan fingerprint density at radius 2 is 1.92 bits per heavy atom. The quantitative estimate of drug-likeness (QED) is 0.765. The third-order valence-electron chi connectivity index (χ3n) is 5.26. The minimum atomic E-state index is -2.84. The Balaban J connectivity index is 1.43. The number of piperazine rings is 1. The number of hydrogen-bond acceptors (Lipinski definition) is 4. The molecule has 1 atom stereocenters. The molecule has 2 heterocycles. The molecular weight excluding hydrogens is 340 g/mol. The van der Waals surface area contributed by atoms with Crippen LogP contribution in [-0.2, 0) is 21.1 Å². The van der Waals surface area contributed by atoms with Crippen molar-refractivity contribution in [1.29, 1.82) is 0 Å². The van der Waals surface area contributed by atoms with Crippen molar-refractivity contribution in [2.45, 2.75) is 25.8 Å². The number of carbonyl (C=O) groups excluding carboxylic acids is 1. The highest BCUT2D eigenvalue weighted by Crippen LogP contribution is 2.13. The van der Waals surface area contributed by atoms with Gasteiger partial charge in [-0.1, -0.05) is 19.1 Å². The van der Waals surface area contributed by atoms with Crippen LogP contribution in [0.2, 0.25) is 0 Å². The predicted octanol–water partition coefficient (Wildman–Crippen LogP) is -0.458. The van der Waals surface area contributed by atoms with Crippen LogP contribution >= 0.6 is 0 Å². The molecule has 25 heavy (non-hydrogen) atoms. The number of ether oxygens (including phenoxy) is 1. The Morgan fingerprint density at radius 3 is 2.48 bits per heavy atom. The van der Waals surface area contributed by atoms with Gasteiger partial charge in [-0.05, 0) is 24.1 Å². The fourth-order valence-corrected chi connectivity index (χ4v) is 5.45.